The van der Waals surface area contributed by atoms with E-state index in [1.165, 1.54) is 0 Å². The van der Waals surface area contributed by atoms with Gasteiger partial charge in [-0.25, -0.2) is 4.68 Å². The number of nitrogens with zero attached hydrogens (tertiary/aromatic N) is 3. The summed E-state index contributed by atoms with van der Waals surface area (Å²) in [7, 11) is 0. The van der Waals surface area contributed by atoms with Crippen molar-refractivity contribution in [2.75, 3.05) is 0 Å². The van der Waals surface area contributed by atoms with Crippen LogP contribution in [-0.4, -0.2) is 20.5 Å². The summed E-state index contributed by atoms with van der Waals surface area (Å²) in [5.74, 6) is -0.00188. The van der Waals surface area contributed by atoms with Crippen molar-refractivity contribution in [3.8, 4) is 5.69 Å². The van der Waals surface area contributed by atoms with Gasteiger partial charge in [0, 0.05) is 28.4 Å². The summed E-state index contributed by atoms with van der Waals surface area (Å²) in [6.45, 7) is 17.6. The fourth-order valence-corrected chi connectivity index (χ4v) is 6.22. The van der Waals surface area contributed by atoms with Crippen molar-refractivity contribution in [2.24, 2.45) is 10.8 Å². The number of hydrogen-bond donors (Lipinski definition) is 0. The van der Waals surface area contributed by atoms with E-state index in [1.807, 2.05) is 79.3 Å². The summed E-state index contributed by atoms with van der Waals surface area (Å²) < 4.78 is 1.88. The highest BCUT2D eigenvalue weighted by molar-refractivity contribution is 6.09. The zero-order valence-corrected chi connectivity index (χ0v) is 22.8. The van der Waals surface area contributed by atoms with Gasteiger partial charge in [-0.05, 0) is 66.6 Å². The predicted molar refractivity (Wildman–Crippen MR) is 147 cm³/mol. The van der Waals surface area contributed by atoms with Crippen molar-refractivity contribution in [1.82, 2.24) is 14.8 Å². The number of pyridine rings is 1. The Morgan fingerprint density at radius 2 is 1.39 bits per heavy atom. The summed E-state index contributed by atoms with van der Waals surface area (Å²) in [6.07, 6.45) is 1.86. The van der Waals surface area contributed by atoms with E-state index >= 15 is 0 Å². The molecule has 0 saturated heterocycles. The summed E-state index contributed by atoms with van der Waals surface area (Å²) in [6, 6.07) is 24.0. The largest absolute Gasteiger partial charge is 0.289 e. The minimum Gasteiger partial charge on any atom is -0.289 e. The van der Waals surface area contributed by atoms with Crippen molar-refractivity contribution in [3.63, 3.8) is 0 Å². The second kappa shape index (κ2) is 9.16. The molecule has 4 heteroatoms. The third-order valence-corrected chi connectivity index (χ3v) is 7.22. The Hall–Kier alpha value is -3.53. The van der Waals surface area contributed by atoms with Crippen molar-refractivity contribution in [3.05, 3.63) is 113 Å². The average molecular weight is 480 g/mol. The van der Waals surface area contributed by atoms with E-state index < -0.39 is 5.41 Å². The standard InChI is InChI=1S/C32H37N3O/c1-22-19-23(2)35(34-22)27-16-12-14-25(21-27)29(36)24-13-11-15-26(20-24)32(30(3,4)5,31(6,7)8)28-17-9-10-18-33-28/h9-21H,1-8H3. The third kappa shape index (κ3) is 4.30. The van der Waals surface area contributed by atoms with Gasteiger partial charge < -0.3 is 0 Å². The maximum Gasteiger partial charge on any atom is 0.193 e. The lowest BCUT2D eigenvalue weighted by atomic mass is 9.49. The van der Waals surface area contributed by atoms with Gasteiger partial charge in [-0.3, -0.25) is 9.78 Å². The van der Waals surface area contributed by atoms with Gasteiger partial charge in [0.15, 0.2) is 5.78 Å². The van der Waals surface area contributed by atoms with Crippen LogP contribution in [0.1, 0.15) is 80.1 Å². The van der Waals surface area contributed by atoms with Gasteiger partial charge in [0.05, 0.1) is 17.1 Å². The van der Waals surface area contributed by atoms with Crippen molar-refractivity contribution < 1.29 is 4.79 Å². The molecule has 2 heterocycles. The molecule has 36 heavy (non-hydrogen) atoms. The maximum atomic E-state index is 13.8. The van der Waals surface area contributed by atoms with E-state index in [9.17, 15) is 4.79 Å². The molecule has 0 spiro atoms. The second-order valence-electron chi connectivity index (χ2n) is 11.8. The Balaban J connectivity index is 1.85. The quantitative estimate of drug-likeness (QED) is 0.279. The molecular weight excluding hydrogens is 442 g/mol. The predicted octanol–water partition coefficient (Wildman–Crippen LogP) is 7.49. The molecule has 0 radical (unpaired) electrons. The highest BCUT2D eigenvalue weighted by Crippen LogP contribution is 2.56. The fraction of sp³-hybridized carbons (Fsp3) is 0.344. The van der Waals surface area contributed by atoms with Gasteiger partial charge in [0.2, 0.25) is 0 Å². The Morgan fingerprint density at radius 3 is 1.94 bits per heavy atom. The van der Waals surface area contributed by atoms with Crippen LogP contribution in [0.3, 0.4) is 0 Å². The smallest absolute Gasteiger partial charge is 0.193 e. The number of carbonyl (C=O) groups is 1. The second-order valence-corrected chi connectivity index (χ2v) is 11.8. The number of ketones is 1. The molecule has 186 valence electrons. The first kappa shape index (κ1) is 25.6. The number of aromatic nitrogens is 3. The van der Waals surface area contributed by atoms with Crippen LogP contribution in [0, 0.1) is 24.7 Å². The van der Waals surface area contributed by atoms with E-state index in [0.29, 0.717) is 11.1 Å². The molecule has 4 rings (SSSR count). The maximum absolute atomic E-state index is 13.8. The Bertz CT molecular complexity index is 1370. The van der Waals surface area contributed by atoms with Gasteiger partial charge in [-0.1, -0.05) is 77.9 Å². The van der Waals surface area contributed by atoms with Gasteiger partial charge in [0.25, 0.3) is 0 Å². The van der Waals surface area contributed by atoms with Crippen LogP contribution in [0.25, 0.3) is 5.69 Å². The molecule has 0 fully saturated rings. The topological polar surface area (TPSA) is 47.8 Å². The number of carbonyl (C=O) groups excluding carboxylic acids is 1. The summed E-state index contributed by atoms with van der Waals surface area (Å²) in [5.41, 5.74) is 5.54. The zero-order chi connectivity index (χ0) is 26.3. The van der Waals surface area contributed by atoms with Gasteiger partial charge in [0.1, 0.15) is 0 Å². The Morgan fingerprint density at radius 1 is 0.750 bits per heavy atom. The van der Waals surface area contributed by atoms with Gasteiger partial charge in [-0.2, -0.15) is 5.10 Å². The van der Waals surface area contributed by atoms with Crippen LogP contribution in [0.15, 0.2) is 79.0 Å². The van der Waals surface area contributed by atoms with E-state index in [-0.39, 0.29) is 16.6 Å². The lowest BCUT2D eigenvalue weighted by molar-refractivity contribution is 0.0861. The minimum atomic E-state index is -0.427. The Labute approximate surface area is 215 Å². The van der Waals surface area contributed by atoms with Crippen LogP contribution in [0.2, 0.25) is 0 Å². The highest BCUT2D eigenvalue weighted by atomic mass is 16.1. The molecule has 0 amide bonds. The average Bonchev–Trinajstić information content (AvgIpc) is 3.16. The molecule has 0 N–H and O–H groups in total. The van der Waals surface area contributed by atoms with E-state index in [4.69, 9.17) is 4.98 Å². The number of benzene rings is 2. The van der Waals surface area contributed by atoms with E-state index in [0.717, 1.165) is 28.3 Å². The minimum absolute atomic E-state index is 0.00188. The summed E-state index contributed by atoms with van der Waals surface area (Å²) in [4.78, 5) is 18.6. The van der Waals surface area contributed by atoms with E-state index in [2.05, 4.69) is 64.8 Å². The zero-order valence-electron chi connectivity index (χ0n) is 22.8. The monoisotopic (exact) mass is 479 g/mol. The van der Waals surface area contributed by atoms with Crippen molar-refractivity contribution in [2.45, 2.75) is 60.8 Å². The SMILES string of the molecule is Cc1cc(C)n(-c2cccc(C(=O)c3cccc(C(c4ccccn4)(C(C)(C)C)C(C)(C)C)c3)c2)n1. The Kier molecular flexibility index (Phi) is 6.51. The van der Waals surface area contributed by atoms with Crippen LogP contribution < -0.4 is 0 Å². The lowest BCUT2D eigenvalue weighted by Gasteiger charge is -2.54. The molecule has 0 aliphatic heterocycles. The molecular formula is C32H37N3O. The van der Waals surface area contributed by atoms with Crippen molar-refractivity contribution >= 4 is 5.78 Å². The molecule has 4 nitrogen and oxygen atoms in total. The number of hydrogen-bond acceptors (Lipinski definition) is 3. The van der Waals surface area contributed by atoms with Crippen LogP contribution in [0.5, 0.6) is 0 Å². The summed E-state index contributed by atoms with van der Waals surface area (Å²) in [5, 5.41) is 4.59. The first-order valence-electron chi connectivity index (χ1n) is 12.6. The highest BCUT2D eigenvalue weighted by Gasteiger charge is 2.54. The molecule has 0 aliphatic rings. The molecule has 2 aromatic carbocycles. The number of rotatable bonds is 5. The van der Waals surface area contributed by atoms with Gasteiger partial charge in [-0.15, -0.1) is 0 Å². The molecule has 0 aliphatic carbocycles. The lowest BCUT2D eigenvalue weighted by Crippen LogP contribution is -2.51. The fourth-order valence-electron chi connectivity index (χ4n) is 6.22. The van der Waals surface area contributed by atoms with Crippen LogP contribution >= 0.6 is 0 Å². The first-order valence-corrected chi connectivity index (χ1v) is 12.6. The van der Waals surface area contributed by atoms with Crippen LogP contribution in [0.4, 0.5) is 0 Å². The van der Waals surface area contributed by atoms with Crippen LogP contribution in [-0.2, 0) is 5.41 Å². The molecule has 0 atom stereocenters. The third-order valence-electron chi connectivity index (χ3n) is 7.22. The molecule has 0 saturated carbocycles. The van der Waals surface area contributed by atoms with Gasteiger partial charge >= 0.3 is 0 Å². The van der Waals surface area contributed by atoms with E-state index in [1.54, 1.807) is 0 Å². The molecule has 4 aromatic rings. The molecule has 0 unspecified atom stereocenters. The molecule has 0 bridgehead atoms. The summed E-state index contributed by atoms with van der Waals surface area (Å²) >= 11 is 0. The van der Waals surface area contributed by atoms with Crippen molar-refractivity contribution in [1.29, 1.82) is 0 Å². The first-order chi connectivity index (χ1) is 16.9. The molecule has 2 aromatic heterocycles. The normalized spacial score (nSPS) is 12.6. The number of aryl methyl sites for hydroxylation is 2.